The van der Waals surface area contributed by atoms with Crippen LogP contribution in [0.15, 0.2) is 46.5 Å². The summed E-state index contributed by atoms with van der Waals surface area (Å²) < 4.78 is 7.54. The summed E-state index contributed by atoms with van der Waals surface area (Å²) in [5.41, 5.74) is 1.65. The summed E-state index contributed by atoms with van der Waals surface area (Å²) in [6.45, 7) is 4.81. The van der Waals surface area contributed by atoms with Crippen LogP contribution >= 0.6 is 0 Å². The number of aryl methyl sites for hydroxylation is 2. The first-order valence-corrected chi connectivity index (χ1v) is 10.4. The van der Waals surface area contributed by atoms with Gasteiger partial charge in [0.15, 0.2) is 5.76 Å². The van der Waals surface area contributed by atoms with Crippen LogP contribution in [0.4, 0.5) is 0 Å². The molecule has 2 N–H and O–H groups in total. The van der Waals surface area contributed by atoms with E-state index in [1.165, 1.54) is 9.80 Å². The van der Waals surface area contributed by atoms with Gasteiger partial charge in [-0.05, 0) is 38.1 Å². The van der Waals surface area contributed by atoms with Gasteiger partial charge in [0.05, 0.1) is 31.9 Å². The number of aliphatic hydroxyl groups excluding tert-OH is 1. The molecule has 0 aliphatic carbocycles. The fourth-order valence-corrected chi connectivity index (χ4v) is 4.14. The number of ketones is 1. The highest BCUT2D eigenvalue weighted by Crippen LogP contribution is 2.40. The Balaban J connectivity index is 1.86. The number of imidazole rings is 1. The summed E-state index contributed by atoms with van der Waals surface area (Å²) in [4.78, 5) is 33.3. The molecule has 31 heavy (non-hydrogen) atoms. The van der Waals surface area contributed by atoms with E-state index < -0.39 is 17.7 Å². The average molecular weight is 423 g/mol. The molecule has 3 aromatic heterocycles. The van der Waals surface area contributed by atoms with Gasteiger partial charge in [0.2, 0.25) is 0 Å². The van der Waals surface area contributed by atoms with E-state index in [1.54, 1.807) is 36.6 Å². The van der Waals surface area contributed by atoms with Gasteiger partial charge < -0.3 is 19.3 Å². The zero-order valence-electron chi connectivity index (χ0n) is 18.2. The number of hydrogen-bond acceptors (Lipinski definition) is 5. The lowest BCUT2D eigenvalue weighted by atomic mass is 10.0. The van der Waals surface area contributed by atoms with Crippen LogP contribution in [-0.4, -0.2) is 58.3 Å². The van der Waals surface area contributed by atoms with Gasteiger partial charge in [-0.2, -0.15) is 0 Å². The molecule has 0 unspecified atom stereocenters. The van der Waals surface area contributed by atoms with E-state index in [1.807, 2.05) is 32.3 Å². The molecule has 0 aromatic carbocycles. The van der Waals surface area contributed by atoms with E-state index in [2.05, 4.69) is 4.98 Å². The van der Waals surface area contributed by atoms with Crippen molar-refractivity contribution in [3.05, 3.63) is 65.0 Å². The Bertz CT molecular complexity index is 1190. The van der Waals surface area contributed by atoms with Crippen molar-refractivity contribution >= 4 is 23.1 Å². The van der Waals surface area contributed by atoms with Crippen molar-refractivity contribution in [1.82, 2.24) is 14.3 Å². The maximum Gasteiger partial charge on any atom is 0.295 e. The van der Waals surface area contributed by atoms with Crippen LogP contribution in [0.1, 0.15) is 35.4 Å². The predicted octanol–water partition coefficient (Wildman–Crippen LogP) is 1.50. The van der Waals surface area contributed by atoms with Crippen LogP contribution < -0.4 is 4.90 Å². The van der Waals surface area contributed by atoms with Crippen LogP contribution in [0.25, 0.3) is 11.4 Å². The number of fused-ring (bicyclic) bond motifs is 1. The summed E-state index contributed by atoms with van der Waals surface area (Å²) >= 11 is 0. The van der Waals surface area contributed by atoms with Gasteiger partial charge >= 0.3 is 0 Å². The Morgan fingerprint density at radius 1 is 1.19 bits per heavy atom. The first kappa shape index (κ1) is 20.9. The van der Waals surface area contributed by atoms with Crippen LogP contribution in [0.3, 0.4) is 0 Å². The second kappa shape index (κ2) is 8.03. The third kappa shape index (κ3) is 3.63. The number of likely N-dealkylation sites (tertiary alicyclic amines) is 1. The molecule has 3 aromatic rings. The monoisotopic (exact) mass is 423 g/mol. The number of aromatic nitrogens is 2. The first-order chi connectivity index (χ1) is 14.8. The molecular formula is C23H27N4O4+. The minimum atomic E-state index is -0.778. The second-order valence-corrected chi connectivity index (χ2v) is 8.23. The van der Waals surface area contributed by atoms with E-state index in [4.69, 9.17) is 4.42 Å². The fraction of sp³-hybridized carbons (Fsp3) is 0.348. The van der Waals surface area contributed by atoms with Gasteiger partial charge in [0.1, 0.15) is 28.9 Å². The van der Waals surface area contributed by atoms with Gasteiger partial charge in [0, 0.05) is 19.2 Å². The smallest absolute Gasteiger partial charge is 0.295 e. The standard InChI is InChI=1S/C23H26N4O4/c1-14-9-10-16(31-14)20-18(22(29)23(30)27(20)13-7-11-25(3)4)21(28)19-15(2)24-17-8-5-6-12-26(17)19/h5-6,8-10,12,20,28H,7,11,13H2,1-4H3/p+1/b21-18-/t20-/m1/s1. The topological polar surface area (TPSA) is 92.5 Å². The first-order valence-electron chi connectivity index (χ1n) is 10.4. The number of nitrogens with zero attached hydrogens (tertiary/aromatic N) is 3. The van der Waals surface area contributed by atoms with Crippen molar-refractivity contribution in [2.75, 3.05) is 27.2 Å². The van der Waals surface area contributed by atoms with Crippen LogP contribution in [0.5, 0.6) is 0 Å². The molecule has 0 radical (unpaired) electrons. The summed E-state index contributed by atoms with van der Waals surface area (Å²) in [5, 5.41) is 11.3. The highest BCUT2D eigenvalue weighted by Gasteiger charge is 2.47. The number of Topliss-reactive ketones (excluding diaryl/α,β-unsaturated/α-hetero) is 1. The largest absolute Gasteiger partial charge is 0.505 e. The summed E-state index contributed by atoms with van der Waals surface area (Å²) in [6, 6.07) is 8.26. The van der Waals surface area contributed by atoms with E-state index in [-0.39, 0.29) is 11.3 Å². The van der Waals surface area contributed by atoms with Gasteiger partial charge in [-0.25, -0.2) is 4.98 Å². The molecule has 0 spiro atoms. The molecule has 0 saturated carbocycles. The second-order valence-electron chi connectivity index (χ2n) is 8.23. The van der Waals surface area contributed by atoms with Gasteiger partial charge in [0.25, 0.3) is 11.7 Å². The molecule has 1 amide bonds. The molecule has 1 saturated heterocycles. The number of aliphatic hydroxyl groups is 1. The Morgan fingerprint density at radius 2 is 1.97 bits per heavy atom. The van der Waals surface area contributed by atoms with Crippen molar-refractivity contribution < 1.29 is 24.0 Å². The number of rotatable bonds is 6. The highest BCUT2D eigenvalue weighted by molar-refractivity contribution is 6.46. The van der Waals surface area contributed by atoms with Crippen molar-refractivity contribution in [2.45, 2.75) is 26.3 Å². The maximum atomic E-state index is 13.1. The Hall–Kier alpha value is -3.39. The van der Waals surface area contributed by atoms with Crippen LogP contribution in [-0.2, 0) is 9.59 Å². The molecule has 8 heteroatoms. The third-order valence-electron chi connectivity index (χ3n) is 5.57. The van der Waals surface area contributed by atoms with Gasteiger partial charge in [-0.3, -0.25) is 14.0 Å². The molecule has 1 aliphatic rings. The normalized spacial score (nSPS) is 18.6. The molecule has 1 fully saturated rings. The summed E-state index contributed by atoms with van der Waals surface area (Å²) in [5.74, 6) is -0.444. The number of pyridine rings is 1. The molecule has 0 bridgehead atoms. The minimum Gasteiger partial charge on any atom is -0.505 e. The van der Waals surface area contributed by atoms with Crippen molar-refractivity contribution in [1.29, 1.82) is 0 Å². The molecule has 1 aliphatic heterocycles. The number of hydrogen-bond donors (Lipinski definition) is 2. The molecule has 4 rings (SSSR count). The third-order valence-corrected chi connectivity index (χ3v) is 5.57. The Kier molecular flexibility index (Phi) is 5.41. The summed E-state index contributed by atoms with van der Waals surface area (Å²) in [6.07, 6.45) is 2.49. The lowest BCUT2D eigenvalue weighted by Gasteiger charge is -2.23. The van der Waals surface area contributed by atoms with E-state index >= 15 is 0 Å². The number of amides is 1. The summed E-state index contributed by atoms with van der Waals surface area (Å²) in [7, 11) is 4.07. The lowest BCUT2D eigenvalue weighted by molar-refractivity contribution is -0.858. The minimum absolute atomic E-state index is 0.0327. The molecule has 8 nitrogen and oxygen atoms in total. The van der Waals surface area contributed by atoms with Crippen LogP contribution in [0.2, 0.25) is 0 Å². The number of quaternary nitrogens is 1. The quantitative estimate of drug-likeness (QED) is 0.356. The zero-order chi connectivity index (χ0) is 22.3. The van der Waals surface area contributed by atoms with Crippen molar-refractivity contribution in [3.8, 4) is 0 Å². The van der Waals surface area contributed by atoms with Gasteiger partial charge in [-0.15, -0.1) is 0 Å². The van der Waals surface area contributed by atoms with E-state index in [0.717, 1.165) is 13.0 Å². The fourth-order valence-electron chi connectivity index (χ4n) is 4.14. The Labute approximate surface area is 180 Å². The number of nitrogens with one attached hydrogen (secondary N) is 1. The molecular weight excluding hydrogens is 396 g/mol. The predicted molar refractivity (Wildman–Crippen MR) is 115 cm³/mol. The van der Waals surface area contributed by atoms with Crippen molar-refractivity contribution in [3.63, 3.8) is 0 Å². The molecule has 1 atom stereocenters. The zero-order valence-corrected chi connectivity index (χ0v) is 18.2. The van der Waals surface area contributed by atoms with Crippen LogP contribution in [0, 0.1) is 13.8 Å². The number of furan rings is 1. The van der Waals surface area contributed by atoms with E-state index in [9.17, 15) is 14.7 Å². The van der Waals surface area contributed by atoms with Crippen molar-refractivity contribution in [2.24, 2.45) is 0 Å². The SMILES string of the molecule is Cc1ccc([C@@H]2/C(=C(/O)c3c(C)nc4ccccn34)C(=O)C(=O)N2CCC[NH+](C)C)o1. The number of carbonyl (C=O) groups is 2. The lowest BCUT2D eigenvalue weighted by Crippen LogP contribution is -3.05. The highest BCUT2D eigenvalue weighted by atomic mass is 16.3. The maximum absolute atomic E-state index is 13.1. The Morgan fingerprint density at radius 3 is 2.65 bits per heavy atom. The average Bonchev–Trinajstić information content (AvgIpc) is 3.36. The van der Waals surface area contributed by atoms with Gasteiger partial charge in [-0.1, -0.05) is 6.07 Å². The number of carbonyl (C=O) groups excluding carboxylic acids is 2. The van der Waals surface area contributed by atoms with E-state index in [0.29, 0.717) is 35.1 Å². The molecule has 4 heterocycles. The molecule has 162 valence electrons.